The SMILES string of the molecule is O=C(Nc1cc(Br)ccc1C(=O)O)c1ccc(Br)c(O)c1. The summed E-state index contributed by atoms with van der Waals surface area (Å²) in [6.07, 6.45) is 0. The number of carboxylic acid groups (broad SMARTS) is 1. The summed E-state index contributed by atoms with van der Waals surface area (Å²) in [5.74, 6) is -1.73. The number of rotatable bonds is 3. The number of halogens is 2. The molecule has 0 saturated carbocycles. The van der Waals surface area contributed by atoms with Gasteiger partial charge in [-0.15, -0.1) is 0 Å². The number of carbonyl (C=O) groups is 2. The second-order valence-corrected chi connectivity index (χ2v) is 5.89. The molecule has 2 aromatic carbocycles. The molecule has 1 amide bonds. The van der Waals surface area contributed by atoms with Gasteiger partial charge < -0.3 is 15.5 Å². The summed E-state index contributed by atoms with van der Waals surface area (Å²) in [6, 6.07) is 8.80. The highest BCUT2D eigenvalue weighted by molar-refractivity contribution is 9.10. The highest BCUT2D eigenvalue weighted by atomic mass is 79.9. The minimum absolute atomic E-state index is 0.0205. The number of carbonyl (C=O) groups excluding carboxylic acids is 1. The zero-order valence-corrected chi connectivity index (χ0v) is 13.6. The molecule has 0 fully saturated rings. The minimum Gasteiger partial charge on any atom is -0.507 e. The lowest BCUT2D eigenvalue weighted by Crippen LogP contribution is -2.14. The minimum atomic E-state index is -1.14. The van der Waals surface area contributed by atoms with Crippen LogP contribution in [-0.4, -0.2) is 22.1 Å². The zero-order chi connectivity index (χ0) is 15.6. The average Bonchev–Trinajstić information content (AvgIpc) is 2.41. The van der Waals surface area contributed by atoms with Crippen molar-refractivity contribution < 1.29 is 19.8 Å². The van der Waals surface area contributed by atoms with E-state index in [4.69, 9.17) is 5.11 Å². The van der Waals surface area contributed by atoms with Crippen molar-refractivity contribution in [3.05, 3.63) is 56.5 Å². The standard InChI is InChI=1S/C14H9Br2NO4/c15-8-2-3-9(14(20)21)11(6-8)17-13(19)7-1-4-10(16)12(18)5-7/h1-6,18H,(H,17,19)(H,20,21). The first kappa shape index (κ1) is 15.5. The van der Waals surface area contributed by atoms with E-state index in [2.05, 4.69) is 37.2 Å². The predicted molar refractivity (Wildman–Crippen MR) is 84.9 cm³/mol. The summed E-state index contributed by atoms with van der Waals surface area (Å²) in [5.41, 5.74) is 0.365. The van der Waals surface area contributed by atoms with Crippen LogP contribution in [0.1, 0.15) is 20.7 Å². The van der Waals surface area contributed by atoms with Crippen molar-refractivity contribution >= 4 is 49.4 Å². The van der Waals surface area contributed by atoms with Crippen LogP contribution in [-0.2, 0) is 0 Å². The molecule has 0 spiro atoms. The maximum absolute atomic E-state index is 12.1. The molecule has 0 aliphatic carbocycles. The van der Waals surface area contributed by atoms with Crippen LogP contribution in [0.4, 0.5) is 5.69 Å². The quantitative estimate of drug-likeness (QED) is 0.711. The van der Waals surface area contributed by atoms with Gasteiger partial charge in [0.2, 0.25) is 0 Å². The lowest BCUT2D eigenvalue weighted by Gasteiger charge is -2.09. The van der Waals surface area contributed by atoms with E-state index < -0.39 is 11.9 Å². The zero-order valence-electron chi connectivity index (χ0n) is 10.4. The summed E-state index contributed by atoms with van der Waals surface area (Å²) < 4.78 is 1.11. The number of nitrogens with one attached hydrogen (secondary N) is 1. The number of phenolic OH excluding ortho intramolecular Hbond substituents is 1. The molecule has 0 aliphatic heterocycles. The van der Waals surface area contributed by atoms with Gasteiger partial charge >= 0.3 is 5.97 Å². The summed E-state index contributed by atoms with van der Waals surface area (Å²) >= 11 is 6.34. The van der Waals surface area contributed by atoms with Gasteiger partial charge in [0.1, 0.15) is 5.75 Å². The number of benzene rings is 2. The fourth-order valence-corrected chi connectivity index (χ4v) is 2.26. The van der Waals surface area contributed by atoms with E-state index in [0.29, 0.717) is 8.95 Å². The molecule has 0 atom stereocenters. The fraction of sp³-hybridized carbons (Fsp3) is 0. The van der Waals surface area contributed by atoms with Gasteiger partial charge in [0.15, 0.2) is 0 Å². The van der Waals surface area contributed by atoms with Gasteiger partial charge in [0, 0.05) is 10.0 Å². The molecule has 21 heavy (non-hydrogen) atoms. The Kier molecular flexibility index (Phi) is 4.64. The Morgan fingerprint density at radius 3 is 2.38 bits per heavy atom. The third kappa shape index (κ3) is 3.62. The average molecular weight is 415 g/mol. The first-order chi connectivity index (χ1) is 9.88. The molecule has 2 aromatic rings. The van der Waals surface area contributed by atoms with Crippen molar-refractivity contribution in [1.82, 2.24) is 0 Å². The van der Waals surface area contributed by atoms with Crippen LogP contribution in [0, 0.1) is 0 Å². The molecule has 0 unspecified atom stereocenters. The van der Waals surface area contributed by atoms with Crippen molar-refractivity contribution in [3.8, 4) is 5.75 Å². The fourth-order valence-electron chi connectivity index (χ4n) is 1.65. The Balaban J connectivity index is 2.33. The summed E-state index contributed by atoms with van der Waals surface area (Å²) in [6.45, 7) is 0. The van der Waals surface area contributed by atoms with E-state index in [9.17, 15) is 14.7 Å². The van der Waals surface area contributed by atoms with Crippen LogP contribution in [0.15, 0.2) is 45.3 Å². The molecule has 0 bridgehead atoms. The lowest BCUT2D eigenvalue weighted by atomic mass is 10.1. The van der Waals surface area contributed by atoms with E-state index in [0.717, 1.165) is 0 Å². The van der Waals surface area contributed by atoms with E-state index in [1.807, 2.05) is 0 Å². The number of carboxylic acids is 1. The molecule has 2 rings (SSSR count). The normalized spacial score (nSPS) is 10.2. The molecule has 0 heterocycles. The molecule has 108 valence electrons. The highest BCUT2D eigenvalue weighted by Crippen LogP contribution is 2.26. The number of anilines is 1. The van der Waals surface area contributed by atoms with Gasteiger partial charge in [0.05, 0.1) is 15.7 Å². The Hall–Kier alpha value is -1.86. The molecule has 0 saturated heterocycles. The first-order valence-corrected chi connectivity index (χ1v) is 7.30. The van der Waals surface area contributed by atoms with Gasteiger partial charge in [0.25, 0.3) is 5.91 Å². The van der Waals surface area contributed by atoms with E-state index in [1.54, 1.807) is 6.07 Å². The monoisotopic (exact) mass is 413 g/mol. The molecular formula is C14H9Br2NO4. The van der Waals surface area contributed by atoms with Gasteiger partial charge in [-0.25, -0.2) is 4.79 Å². The van der Waals surface area contributed by atoms with Gasteiger partial charge in [-0.05, 0) is 52.3 Å². The van der Waals surface area contributed by atoms with Crippen molar-refractivity contribution in [2.45, 2.75) is 0 Å². The van der Waals surface area contributed by atoms with Crippen molar-refractivity contribution in [2.75, 3.05) is 5.32 Å². The van der Waals surface area contributed by atoms with Gasteiger partial charge in [-0.2, -0.15) is 0 Å². The first-order valence-electron chi connectivity index (χ1n) is 5.71. The molecule has 7 heteroatoms. The van der Waals surface area contributed by atoms with Crippen LogP contribution in [0.3, 0.4) is 0 Å². The molecule has 5 nitrogen and oxygen atoms in total. The van der Waals surface area contributed by atoms with Crippen molar-refractivity contribution in [3.63, 3.8) is 0 Å². The topological polar surface area (TPSA) is 86.6 Å². The second-order valence-electron chi connectivity index (χ2n) is 4.12. The Labute approximate surface area is 136 Å². The van der Waals surface area contributed by atoms with Crippen LogP contribution >= 0.6 is 31.9 Å². The molecule has 0 aliphatic rings. The number of hydrogen-bond acceptors (Lipinski definition) is 3. The Bertz CT molecular complexity index is 731. The number of phenols is 1. The van der Waals surface area contributed by atoms with Crippen LogP contribution < -0.4 is 5.32 Å². The van der Waals surface area contributed by atoms with Crippen molar-refractivity contribution in [2.24, 2.45) is 0 Å². The van der Waals surface area contributed by atoms with Gasteiger partial charge in [-0.1, -0.05) is 15.9 Å². The summed E-state index contributed by atoms with van der Waals surface area (Å²) in [5, 5.41) is 21.2. The number of hydrogen-bond donors (Lipinski definition) is 3. The van der Waals surface area contributed by atoms with Crippen LogP contribution in [0.25, 0.3) is 0 Å². The highest BCUT2D eigenvalue weighted by Gasteiger charge is 2.14. The van der Waals surface area contributed by atoms with E-state index >= 15 is 0 Å². The van der Waals surface area contributed by atoms with E-state index in [-0.39, 0.29) is 22.6 Å². The van der Waals surface area contributed by atoms with Crippen LogP contribution in [0.5, 0.6) is 5.75 Å². The Morgan fingerprint density at radius 2 is 1.76 bits per heavy atom. The second kappa shape index (κ2) is 6.28. The molecule has 0 aromatic heterocycles. The molecule has 0 radical (unpaired) electrons. The lowest BCUT2D eigenvalue weighted by molar-refractivity contribution is 0.0698. The molecular weight excluding hydrogens is 406 g/mol. The van der Waals surface area contributed by atoms with E-state index in [1.165, 1.54) is 30.3 Å². The summed E-state index contributed by atoms with van der Waals surface area (Å²) in [7, 11) is 0. The Morgan fingerprint density at radius 1 is 1.05 bits per heavy atom. The third-order valence-electron chi connectivity index (χ3n) is 2.67. The maximum atomic E-state index is 12.1. The number of aromatic hydroxyl groups is 1. The smallest absolute Gasteiger partial charge is 0.337 e. The third-order valence-corrected chi connectivity index (χ3v) is 3.83. The predicted octanol–water partition coefficient (Wildman–Crippen LogP) is 3.87. The largest absolute Gasteiger partial charge is 0.507 e. The summed E-state index contributed by atoms with van der Waals surface area (Å²) in [4.78, 5) is 23.3. The van der Waals surface area contributed by atoms with Crippen LogP contribution in [0.2, 0.25) is 0 Å². The molecule has 3 N–H and O–H groups in total. The number of amides is 1. The van der Waals surface area contributed by atoms with Crippen molar-refractivity contribution in [1.29, 1.82) is 0 Å². The van der Waals surface area contributed by atoms with Gasteiger partial charge in [-0.3, -0.25) is 4.79 Å². The number of aromatic carboxylic acids is 1. The maximum Gasteiger partial charge on any atom is 0.337 e.